The molecule has 2 N–H and O–H groups in total. The number of thioether (sulfide) groups is 1. The summed E-state index contributed by atoms with van der Waals surface area (Å²) in [5.74, 6) is 0.918. The van der Waals surface area contributed by atoms with Crippen molar-refractivity contribution in [1.29, 1.82) is 0 Å². The Morgan fingerprint density at radius 1 is 1.44 bits per heavy atom. The van der Waals surface area contributed by atoms with Gasteiger partial charge in [0.2, 0.25) is 0 Å². The molecule has 0 aliphatic heterocycles. The molecule has 0 bridgehead atoms. The molecule has 0 aromatic heterocycles. The minimum absolute atomic E-state index is 0.183. The predicted octanol–water partition coefficient (Wildman–Crippen LogP) is 3.61. The molecule has 0 heterocycles. The number of anilines is 1. The molecule has 0 radical (unpaired) electrons. The molecule has 0 fully saturated rings. The second-order valence-corrected chi connectivity index (χ2v) is 6.78. The van der Waals surface area contributed by atoms with Gasteiger partial charge in [-0.15, -0.1) is 11.8 Å². The van der Waals surface area contributed by atoms with Gasteiger partial charge in [-0.1, -0.05) is 6.07 Å². The monoisotopic (exact) mass is 331 g/mol. The summed E-state index contributed by atoms with van der Waals surface area (Å²) in [7, 11) is 0. The first-order chi connectivity index (χ1) is 8.28. The van der Waals surface area contributed by atoms with Gasteiger partial charge < -0.3 is 10.5 Å². The van der Waals surface area contributed by atoms with Gasteiger partial charge in [-0.05, 0) is 54.4 Å². The second-order valence-electron chi connectivity index (χ2n) is 4.94. The highest BCUT2D eigenvalue weighted by Crippen LogP contribution is 2.23. The number of nitrogens with two attached hydrogens (primary N) is 1. The lowest BCUT2D eigenvalue weighted by Crippen LogP contribution is -2.24. The van der Waals surface area contributed by atoms with Crippen LogP contribution < -0.4 is 5.73 Å². The molecular formula is C13H18BrNO2S. The second kappa shape index (κ2) is 6.48. The van der Waals surface area contributed by atoms with Crippen molar-refractivity contribution in [2.45, 2.75) is 32.1 Å². The van der Waals surface area contributed by atoms with Crippen LogP contribution in [0.2, 0.25) is 0 Å². The van der Waals surface area contributed by atoms with E-state index < -0.39 is 5.60 Å². The average molecular weight is 332 g/mol. The minimum Gasteiger partial charge on any atom is -0.459 e. The molecule has 5 heteroatoms. The lowest BCUT2D eigenvalue weighted by Gasteiger charge is -2.19. The van der Waals surface area contributed by atoms with Gasteiger partial charge in [0.25, 0.3) is 0 Å². The molecule has 0 saturated heterocycles. The first-order valence-corrected chi connectivity index (χ1v) is 7.56. The quantitative estimate of drug-likeness (QED) is 0.676. The maximum atomic E-state index is 11.5. The van der Waals surface area contributed by atoms with E-state index >= 15 is 0 Å². The largest absolute Gasteiger partial charge is 0.459 e. The number of rotatable bonds is 4. The topological polar surface area (TPSA) is 52.3 Å². The van der Waals surface area contributed by atoms with Gasteiger partial charge in [0.15, 0.2) is 0 Å². The smallest absolute Gasteiger partial charge is 0.316 e. The van der Waals surface area contributed by atoms with E-state index in [0.29, 0.717) is 11.4 Å². The van der Waals surface area contributed by atoms with Gasteiger partial charge in [-0.2, -0.15) is 0 Å². The summed E-state index contributed by atoms with van der Waals surface area (Å²) in [6.45, 7) is 5.60. The van der Waals surface area contributed by atoms with Crippen LogP contribution in [-0.4, -0.2) is 17.3 Å². The van der Waals surface area contributed by atoms with E-state index in [1.807, 2.05) is 39.0 Å². The van der Waals surface area contributed by atoms with E-state index in [1.54, 1.807) is 0 Å². The Balaban J connectivity index is 2.38. The molecule has 1 aromatic carbocycles. The maximum Gasteiger partial charge on any atom is 0.316 e. The van der Waals surface area contributed by atoms with Crippen molar-refractivity contribution < 1.29 is 9.53 Å². The van der Waals surface area contributed by atoms with Crippen molar-refractivity contribution in [2.75, 3.05) is 11.5 Å². The van der Waals surface area contributed by atoms with Crippen LogP contribution >= 0.6 is 27.7 Å². The molecule has 0 atom stereocenters. The van der Waals surface area contributed by atoms with Crippen molar-refractivity contribution >= 4 is 39.3 Å². The summed E-state index contributed by atoms with van der Waals surface area (Å²) in [5, 5.41) is 0. The molecule has 0 aliphatic rings. The molecule has 1 aromatic rings. The molecule has 18 heavy (non-hydrogen) atoms. The molecule has 100 valence electrons. The van der Waals surface area contributed by atoms with Crippen molar-refractivity contribution in [3.05, 3.63) is 28.2 Å². The lowest BCUT2D eigenvalue weighted by molar-refractivity contribution is -0.151. The Kier molecular flexibility index (Phi) is 5.53. The Hall–Kier alpha value is -0.680. The van der Waals surface area contributed by atoms with Crippen LogP contribution in [-0.2, 0) is 15.3 Å². The highest BCUT2D eigenvalue weighted by molar-refractivity contribution is 9.10. The lowest BCUT2D eigenvalue weighted by atomic mass is 10.2. The first kappa shape index (κ1) is 15.4. The van der Waals surface area contributed by atoms with Crippen molar-refractivity contribution in [2.24, 2.45) is 0 Å². The van der Waals surface area contributed by atoms with Gasteiger partial charge in [0.1, 0.15) is 5.60 Å². The van der Waals surface area contributed by atoms with Crippen LogP contribution in [0, 0.1) is 0 Å². The summed E-state index contributed by atoms with van der Waals surface area (Å²) in [5.41, 5.74) is 7.19. The van der Waals surface area contributed by atoms with Crippen molar-refractivity contribution in [3.63, 3.8) is 0 Å². The molecular weight excluding hydrogens is 314 g/mol. The number of ether oxygens (including phenoxy) is 1. The third-order valence-corrected chi connectivity index (χ3v) is 3.67. The summed E-state index contributed by atoms with van der Waals surface area (Å²) in [6.07, 6.45) is 0. The SMILES string of the molecule is CC(C)(C)OC(=O)CSCc1ccc(Br)c(N)c1. The Bertz CT molecular complexity index is 429. The number of hydrogen-bond donors (Lipinski definition) is 1. The van der Waals surface area contributed by atoms with E-state index in [4.69, 9.17) is 10.5 Å². The third kappa shape index (κ3) is 5.78. The Morgan fingerprint density at radius 2 is 2.11 bits per heavy atom. The van der Waals surface area contributed by atoms with Gasteiger partial charge in [0.05, 0.1) is 5.75 Å². The molecule has 0 saturated carbocycles. The van der Waals surface area contributed by atoms with Gasteiger partial charge in [0, 0.05) is 15.9 Å². The number of benzene rings is 1. The number of carbonyl (C=O) groups excluding carboxylic acids is 1. The number of carbonyl (C=O) groups is 1. The summed E-state index contributed by atoms with van der Waals surface area (Å²) >= 11 is 4.87. The molecule has 0 amide bonds. The fourth-order valence-corrected chi connectivity index (χ4v) is 2.30. The summed E-state index contributed by atoms with van der Waals surface area (Å²) in [6, 6.07) is 5.81. The van der Waals surface area contributed by atoms with E-state index in [2.05, 4.69) is 15.9 Å². The first-order valence-electron chi connectivity index (χ1n) is 5.61. The van der Waals surface area contributed by atoms with Crippen LogP contribution in [0.1, 0.15) is 26.3 Å². The fourth-order valence-electron chi connectivity index (χ4n) is 1.31. The minimum atomic E-state index is -0.417. The number of halogens is 1. The standard InChI is InChI=1S/C13H18BrNO2S/c1-13(2,3)17-12(16)8-18-7-9-4-5-10(14)11(15)6-9/h4-6H,7-8,15H2,1-3H3. The predicted molar refractivity (Wildman–Crippen MR) is 80.6 cm³/mol. The summed E-state index contributed by atoms with van der Waals surface area (Å²) < 4.78 is 6.12. The zero-order chi connectivity index (χ0) is 13.8. The maximum absolute atomic E-state index is 11.5. The van der Waals surface area contributed by atoms with Gasteiger partial charge >= 0.3 is 5.97 Å². The van der Waals surface area contributed by atoms with E-state index in [0.717, 1.165) is 15.8 Å². The zero-order valence-corrected chi connectivity index (χ0v) is 13.2. The highest BCUT2D eigenvalue weighted by Gasteiger charge is 2.15. The van der Waals surface area contributed by atoms with E-state index in [9.17, 15) is 4.79 Å². The fraction of sp³-hybridized carbons (Fsp3) is 0.462. The van der Waals surface area contributed by atoms with Crippen LogP contribution in [0.5, 0.6) is 0 Å². The van der Waals surface area contributed by atoms with Gasteiger partial charge in [-0.25, -0.2) is 0 Å². The molecule has 0 spiro atoms. The van der Waals surface area contributed by atoms with E-state index in [1.165, 1.54) is 11.8 Å². The normalized spacial score (nSPS) is 11.3. The number of nitrogen functional groups attached to an aromatic ring is 1. The molecule has 1 rings (SSSR count). The van der Waals surface area contributed by atoms with Crippen LogP contribution in [0.25, 0.3) is 0 Å². The highest BCUT2D eigenvalue weighted by atomic mass is 79.9. The van der Waals surface area contributed by atoms with Gasteiger partial charge in [-0.3, -0.25) is 4.79 Å². The zero-order valence-electron chi connectivity index (χ0n) is 10.8. The number of hydrogen-bond acceptors (Lipinski definition) is 4. The van der Waals surface area contributed by atoms with E-state index in [-0.39, 0.29) is 5.97 Å². The Morgan fingerprint density at radius 3 is 2.67 bits per heavy atom. The summed E-state index contributed by atoms with van der Waals surface area (Å²) in [4.78, 5) is 11.5. The van der Waals surface area contributed by atoms with Crippen LogP contribution in [0.4, 0.5) is 5.69 Å². The molecule has 0 unspecified atom stereocenters. The van der Waals surface area contributed by atoms with Crippen LogP contribution in [0.3, 0.4) is 0 Å². The number of esters is 1. The van der Waals surface area contributed by atoms with Crippen molar-refractivity contribution in [1.82, 2.24) is 0 Å². The Labute approximate surface area is 121 Å². The third-order valence-electron chi connectivity index (χ3n) is 1.97. The molecule has 0 aliphatic carbocycles. The van der Waals surface area contributed by atoms with Crippen molar-refractivity contribution in [3.8, 4) is 0 Å². The average Bonchev–Trinajstić information content (AvgIpc) is 2.20. The molecule has 3 nitrogen and oxygen atoms in total. The van der Waals surface area contributed by atoms with Crippen LogP contribution in [0.15, 0.2) is 22.7 Å².